The van der Waals surface area contributed by atoms with Gasteiger partial charge in [0.2, 0.25) is 0 Å². The smallest absolute Gasteiger partial charge is 0.196 e. The molecule has 15 heavy (non-hydrogen) atoms. The molecule has 0 saturated heterocycles. The van der Waals surface area contributed by atoms with Crippen LogP contribution in [0, 0.1) is 0 Å². The summed E-state index contributed by atoms with van der Waals surface area (Å²) in [4.78, 5) is 19.5. The Morgan fingerprint density at radius 3 is 2.73 bits per heavy atom. The van der Waals surface area contributed by atoms with Gasteiger partial charge in [0.15, 0.2) is 11.6 Å². The minimum atomic E-state index is -0.0485. The highest BCUT2D eigenvalue weighted by Crippen LogP contribution is 2.31. The molecule has 1 fully saturated rings. The van der Waals surface area contributed by atoms with Gasteiger partial charge in [-0.2, -0.15) is 0 Å². The first-order valence-electron chi connectivity index (χ1n) is 5.61. The van der Waals surface area contributed by atoms with Crippen molar-refractivity contribution in [3.8, 4) is 0 Å². The summed E-state index contributed by atoms with van der Waals surface area (Å²) in [6, 6.07) is 1.95. The molecular formula is C12H16N2O. The molecule has 0 bridgehead atoms. The number of ketones is 1. The van der Waals surface area contributed by atoms with Gasteiger partial charge < -0.3 is 0 Å². The van der Waals surface area contributed by atoms with E-state index in [0.29, 0.717) is 11.7 Å². The predicted molar refractivity (Wildman–Crippen MR) is 57.9 cm³/mol. The first kappa shape index (κ1) is 10.3. The minimum absolute atomic E-state index is 0.0485. The first-order valence-corrected chi connectivity index (χ1v) is 5.61. The van der Waals surface area contributed by atoms with Gasteiger partial charge in [0, 0.05) is 24.7 Å². The third-order valence-corrected chi connectivity index (χ3v) is 3.02. The summed E-state index contributed by atoms with van der Waals surface area (Å²) in [7, 11) is 0. The maximum absolute atomic E-state index is 11.2. The number of hydrogen-bond donors (Lipinski definition) is 0. The van der Waals surface area contributed by atoms with E-state index in [1.807, 2.05) is 6.07 Å². The zero-order valence-corrected chi connectivity index (χ0v) is 9.07. The van der Waals surface area contributed by atoms with Gasteiger partial charge in [0.25, 0.3) is 0 Å². The van der Waals surface area contributed by atoms with Crippen molar-refractivity contribution in [2.75, 3.05) is 0 Å². The molecule has 0 unspecified atom stereocenters. The number of Topliss-reactive ketones (excluding diaryl/α,β-unsaturated/α-hetero) is 1. The fourth-order valence-electron chi connectivity index (χ4n) is 2.17. The summed E-state index contributed by atoms with van der Waals surface area (Å²) in [6.07, 6.45) is 8.01. The van der Waals surface area contributed by atoms with E-state index in [1.165, 1.54) is 39.0 Å². The summed E-state index contributed by atoms with van der Waals surface area (Å²) >= 11 is 0. The summed E-state index contributed by atoms with van der Waals surface area (Å²) < 4.78 is 0. The van der Waals surface area contributed by atoms with Crippen molar-refractivity contribution < 1.29 is 4.79 Å². The zero-order chi connectivity index (χ0) is 10.7. The van der Waals surface area contributed by atoms with E-state index in [2.05, 4.69) is 9.97 Å². The molecule has 0 spiro atoms. The van der Waals surface area contributed by atoms with Crippen LogP contribution in [-0.4, -0.2) is 15.8 Å². The van der Waals surface area contributed by atoms with Crippen molar-refractivity contribution in [1.82, 2.24) is 9.97 Å². The van der Waals surface area contributed by atoms with Gasteiger partial charge in [-0.15, -0.1) is 0 Å². The van der Waals surface area contributed by atoms with E-state index in [-0.39, 0.29) is 5.78 Å². The SMILES string of the molecule is CC(=O)c1nccc(C2CCCCC2)n1. The van der Waals surface area contributed by atoms with Crippen LogP contribution in [0.3, 0.4) is 0 Å². The van der Waals surface area contributed by atoms with Crippen LogP contribution in [0.2, 0.25) is 0 Å². The largest absolute Gasteiger partial charge is 0.291 e. The lowest BCUT2D eigenvalue weighted by molar-refractivity contribution is 0.100. The Bertz CT molecular complexity index is 356. The van der Waals surface area contributed by atoms with Crippen LogP contribution in [0.5, 0.6) is 0 Å². The van der Waals surface area contributed by atoms with E-state index >= 15 is 0 Å². The fraction of sp³-hybridized carbons (Fsp3) is 0.583. The molecule has 1 heterocycles. The van der Waals surface area contributed by atoms with Crippen molar-refractivity contribution in [3.05, 3.63) is 23.8 Å². The monoisotopic (exact) mass is 204 g/mol. The Hall–Kier alpha value is -1.25. The van der Waals surface area contributed by atoms with E-state index in [9.17, 15) is 4.79 Å². The number of nitrogens with zero attached hydrogens (tertiary/aromatic N) is 2. The average Bonchev–Trinajstić information content (AvgIpc) is 2.30. The quantitative estimate of drug-likeness (QED) is 0.696. The Morgan fingerprint density at radius 2 is 2.07 bits per heavy atom. The predicted octanol–water partition coefficient (Wildman–Crippen LogP) is 2.73. The third-order valence-electron chi connectivity index (χ3n) is 3.02. The molecule has 1 aliphatic carbocycles. The number of aromatic nitrogens is 2. The second-order valence-electron chi connectivity index (χ2n) is 4.20. The Morgan fingerprint density at radius 1 is 1.33 bits per heavy atom. The molecule has 0 N–H and O–H groups in total. The Labute approximate surface area is 89.9 Å². The van der Waals surface area contributed by atoms with Gasteiger partial charge in [0.1, 0.15) is 0 Å². The van der Waals surface area contributed by atoms with Crippen LogP contribution in [0.4, 0.5) is 0 Å². The van der Waals surface area contributed by atoms with Gasteiger partial charge in [0.05, 0.1) is 0 Å². The van der Waals surface area contributed by atoms with Gasteiger partial charge in [-0.1, -0.05) is 19.3 Å². The van der Waals surface area contributed by atoms with Crippen LogP contribution in [0.1, 0.15) is 61.3 Å². The molecule has 3 nitrogen and oxygen atoms in total. The highest BCUT2D eigenvalue weighted by atomic mass is 16.1. The maximum Gasteiger partial charge on any atom is 0.196 e. The molecule has 0 amide bonds. The molecule has 1 aliphatic rings. The lowest BCUT2D eigenvalue weighted by Gasteiger charge is -2.20. The molecular weight excluding hydrogens is 188 g/mol. The standard InChI is InChI=1S/C12H16N2O/c1-9(15)12-13-8-7-11(14-12)10-5-3-2-4-6-10/h7-8,10H,2-6H2,1H3. The molecule has 0 atom stereocenters. The number of carbonyl (C=O) groups is 1. The van der Waals surface area contributed by atoms with E-state index in [1.54, 1.807) is 6.20 Å². The van der Waals surface area contributed by atoms with Crippen LogP contribution >= 0.6 is 0 Å². The van der Waals surface area contributed by atoms with Crippen molar-refractivity contribution in [3.63, 3.8) is 0 Å². The minimum Gasteiger partial charge on any atom is -0.291 e. The number of hydrogen-bond acceptors (Lipinski definition) is 3. The van der Waals surface area contributed by atoms with Crippen molar-refractivity contribution >= 4 is 5.78 Å². The molecule has 1 aromatic rings. The lowest BCUT2D eigenvalue weighted by Crippen LogP contribution is -2.10. The van der Waals surface area contributed by atoms with Gasteiger partial charge in [-0.25, -0.2) is 9.97 Å². The van der Waals surface area contributed by atoms with Crippen LogP contribution < -0.4 is 0 Å². The summed E-state index contributed by atoms with van der Waals surface area (Å²) in [5.41, 5.74) is 1.05. The molecule has 0 aliphatic heterocycles. The Kier molecular flexibility index (Phi) is 3.09. The highest BCUT2D eigenvalue weighted by molar-refractivity contribution is 5.90. The van der Waals surface area contributed by atoms with Crippen molar-refractivity contribution in [1.29, 1.82) is 0 Å². The van der Waals surface area contributed by atoms with Gasteiger partial charge in [-0.05, 0) is 18.9 Å². The fourth-order valence-corrected chi connectivity index (χ4v) is 2.17. The summed E-state index contributed by atoms with van der Waals surface area (Å²) in [5, 5.41) is 0. The molecule has 1 saturated carbocycles. The van der Waals surface area contributed by atoms with Gasteiger partial charge in [-0.3, -0.25) is 4.79 Å². The molecule has 2 rings (SSSR count). The van der Waals surface area contributed by atoms with Crippen LogP contribution in [0.25, 0.3) is 0 Å². The highest BCUT2D eigenvalue weighted by Gasteiger charge is 2.17. The number of rotatable bonds is 2. The van der Waals surface area contributed by atoms with Crippen molar-refractivity contribution in [2.24, 2.45) is 0 Å². The van der Waals surface area contributed by atoms with E-state index in [0.717, 1.165) is 5.69 Å². The third kappa shape index (κ3) is 2.41. The topological polar surface area (TPSA) is 42.9 Å². The van der Waals surface area contributed by atoms with Crippen LogP contribution in [-0.2, 0) is 0 Å². The van der Waals surface area contributed by atoms with E-state index in [4.69, 9.17) is 0 Å². The molecule has 3 heteroatoms. The molecule has 0 aromatic carbocycles. The van der Waals surface area contributed by atoms with E-state index < -0.39 is 0 Å². The molecule has 1 aromatic heterocycles. The zero-order valence-electron chi connectivity index (χ0n) is 9.07. The Balaban J connectivity index is 2.19. The maximum atomic E-state index is 11.2. The second kappa shape index (κ2) is 4.51. The molecule has 80 valence electrons. The average molecular weight is 204 g/mol. The van der Waals surface area contributed by atoms with Crippen LogP contribution in [0.15, 0.2) is 12.3 Å². The lowest BCUT2D eigenvalue weighted by atomic mass is 9.87. The second-order valence-corrected chi connectivity index (χ2v) is 4.20. The first-order chi connectivity index (χ1) is 7.27. The van der Waals surface area contributed by atoms with Crippen molar-refractivity contribution in [2.45, 2.75) is 44.9 Å². The normalized spacial score (nSPS) is 17.7. The summed E-state index contributed by atoms with van der Waals surface area (Å²) in [6.45, 7) is 1.51. The molecule has 0 radical (unpaired) electrons. The summed E-state index contributed by atoms with van der Waals surface area (Å²) in [5.74, 6) is 0.852. The number of carbonyl (C=O) groups excluding carboxylic acids is 1. The van der Waals surface area contributed by atoms with Gasteiger partial charge >= 0.3 is 0 Å².